The number of amides is 4. The number of aryl methyl sites for hydroxylation is 2. The second-order valence-corrected chi connectivity index (χ2v) is 7.96. The average molecular weight is 499 g/mol. The normalized spacial score (nSPS) is 15.1. The van der Waals surface area contributed by atoms with E-state index in [4.69, 9.17) is 9.47 Å². The molecule has 0 radical (unpaired) electrons. The van der Waals surface area contributed by atoms with Gasteiger partial charge in [0.1, 0.15) is 12.2 Å². The van der Waals surface area contributed by atoms with Gasteiger partial charge < -0.3 is 9.47 Å². The number of hydrogen-bond donors (Lipinski definition) is 1. The Bertz CT molecular complexity index is 1140. The topological polar surface area (TPSA) is 84.9 Å². The molecule has 0 aromatic heterocycles. The summed E-state index contributed by atoms with van der Waals surface area (Å²) in [6, 6.07) is 7.93. The predicted octanol–water partition coefficient (Wildman–Crippen LogP) is 4.70. The monoisotopic (exact) mass is 498 g/mol. The van der Waals surface area contributed by atoms with Crippen LogP contribution in [0.4, 0.5) is 10.5 Å². The fraction of sp³-hybridized carbons (Fsp3) is 0.208. The molecule has 0 atom stereocenters. The molecular weight excluding hydrogens is 476 g/mol. The summed E-state index contributed by atoms with van der Waals surface area (Å²) in [6.07, 6.45) is 3.03. The zero-order chi connectivity index (χ0) is 23.4. The second-order valence-electron chi connectivity index (χ2n) is 7.11. The SMILES string of the molecule is C=CCOc1c(Br)cc(/C=C2\C(=O)NC(=O)N(c3ccc(C)cc3C)C2=O)cc1OCC. The summed E-state index contributed by atoms with van der Waals surface area (Å²) in [5.41, 5.74) is 2.52. The van der Waals surface area contributed by atoms with Crippen molar-refractivity contribution in [3.05, 3.63) is 69.7 Å². The molecule has 32 heavy (non-hydrogen) atoms. The number of ether oxygens (including phenoxy) is 2. The lowest BCUT2D eigenvalue weighted by molar-refractivity contribution is -0.122. The molecule has 0 saturated carbocycles. The number of barbiturate groups is 1. The Kier molecular flexibility index (Phi) is 7.15. The molecule has 1 fully saturated rings. The van der Waals surface area contributed by atoms with Crippen molar-refractivity contribution >= 4 is 45.5 Å². The van der Waals surface area contributed by atoms with Crippen molar-refractivity contribution < 1.29 is 23.9 Å². The number of urea groups is 1. The van der Waals surface area contributed by atoms with Gasteiger partial charge in [-0.15, -0.1) is 0 Å². The first-order valence-electron chi connectivity index (χ1n) is 9.95. The van der Waals surface area contributed by atoms with E-state index in [1.165, 1.54) is 6.08 Å². The van der Waals surface area contributed by atoms with E-state index in [0.717, 1.165) is 16.0 Å². The summed E-state index contributed by atoms with van der Waals surface area (Å²) < 4.78 is 11.9. The molecule has 7 nitrogen and oxygen atoms in total. The van der Waals surface area contributed by atoms with Crippen molar-refractivity contribution in [1.82, 2.24) is 5.32 Å². The number of nitrogens with zero attached hydrogens (tertiary/aromatic N) is 1. The maximum Gasteiger partial charge on any atom is 0.335 e. The minimum Gasteiger partial charge on any atom is -0.490 e. The minimum absolute atomic E-state index is 0.168. The molecule has 0 aliphatic carbocycles. The van der Waals surface area contributed by atoms with Crippen LogP contribution in [0, 0.1) is 13.8 Å². The molecule has 1 N–H and O–H groups in total. The number of carbonyl (C=O) groups is 3. The van der Waals surface area contributed by atoms with Gasteiger partial charge in [-0.25, -0.2) is 9.69 Å². The second kappa shape index (κ2) is 9.82. The van der Waals surface area contributed by atoms with E-state index in [1.54, 1.807) is 37.3 Å². The highest BCUT2D eigenvalue weighted by atomic mass is 79.9. The Morgan fingerprint density at radius 1 is 1.12 bits per heavy atom. The van der Waals surface area contributed by atoms with Crippen molar-refractivity contribution in [3.63, 3.8) is 0 Å². The van der Waals surface area contributed by atoms with Crippen LogP contribution in [0.25, 0.3) is 6.08 Å². The zero-order valence-electron chi connectivity index (χ0n) is 18.0. The lowest BCUT2D eigenvalue weighted by Crippen LogP contribution is -2.54. The molecule has 4 amide bonds. The van der Waals surface area contributed by atoms with Gasteiger partial charge in [0.15, 0.2) is 11.5 Å². The number of imide groups is 2. The molecule has 1 saturated heterocycles. The van der Waals surface area contributed by atoms with Crippen LogP contribution in [-0.2, 0) is 9.59 Å². The summed E-state index contributed by atoms with van der Waals surface area (Å²) in [6.45, 7) is 9.87. The van der Waals surface area contributed by atoms with Crippen molar-refractivity contribution in [3.8, 4) is 11.5 Å². The Balaban J connectivity index is 2.04. The number of anilines is 1. The number of carbonyl (C=O) groups excluding carboxylic acids is 3. The fourth-order valence-electron chi connectivity index (χ4n) is 3.32. The minimum atomic E-state index is -0.784. The van der Waals surface area contributed by atoms with Gasteiger partial charge >= 0.3 is 6.03 Å². The van der Waals surface area contributed by atoms with Crippen LogP contribution in [-0.4, -0.2) is 31.1 Å². The average Bonchev–Trinajstić information content (AvgIpc) is 2.72. The smallest absolute Gasteiger partial charge is 0.335 e. The van der Waals surface area contributed by atoms with Gasteiger partial charge in [-0.2, -0.15) is 0 Å². The summed E-state index contributed by atoms with van der Waals surface area (Å²) >= 11 is 3.45. The number of benzene rings is 2. The van der Waals surface area contributed by atoms with E-state index in [2.05, 4.69) is 27.8 Å². The van der Waals surface area contributed by atoms with Gasteiger partial charge in [0.2, 0.25) is 0 Å². The third-order valence-electron chi connectivity index (χ3n) is 4.68. The van der Waals surface area contributed by atoms with Crippen LogP contribution in [0.2, 0.25) is 0 Å². The highest BCUT2D eigenvalue weighted by molar-refractivity contribution is 9.10. The molecule has 166 valence electrons. The first-order valence-corrected chi connectivity index (χ1v) is 10.7. The summed E-state index contributed by atoms with van der Waals surface area (Å²) in [5.74, 6) is -0.532. The number of hydrogen-bond acceptors (Lipinski definition) is 5. The Labute approximate surface area is 194 Å². The molecule has 3 rings (SSSR count). The highest BCUT2D eigenvalue weighted by Crippen LogP contribution is 2.38. The highest BCUT2D eigenvalue weighted by Gasteiger charge is 2.37. The lowest BCUT2D eigenvalue weighted by atomic mass is 10.0. The fourth-order valence-corrected chi connectivity index (χ4v) is 3.89. The maximum atomic E-state index is 13.2. The Morgan fingerprint density at radius 2 is 1.88 bits per heavy atom. The molecule has 2 aromatic rings. The molecular formula is C24H23BrN2O5. The van der Waals surface area contributed by atoms with Crippen molar-refractivity contribution in [2.75, 3.05) is 18.1 Å². The summed E-state index contributed by atoms with van der Waals surface area (Å²) in [5, 5.41) is 2.24. The van der Waals surface area contributed by atoms with E-state index >= 15 is 0 Å². The van der Waals surface area contributed by atoms with Gasteiger partial charge in [-0.1, -0.05) is 30.4 Å². The largest absolute Gasteiger partial charge is 0.490 e. The molecule has 0 spiro atoms. The Hall–Kier alpha value is -3.39. The summed E-state index contributed by atoms with van der Waals surface area (Å²) in [7, 11) is 0. The molecule has 0 unspecified atom stereocenters. The third-order valence-corrected chi connectivity index (χ3v) is 5.27. The van der Waals surface area contributed by atoms with Gasteiger partial charge in [0, 0.05) is 0 Å². The molecule has 8 heteroatoms. The Morgan fingerprint density at radius 3 is 2.53 bits per heavy atom. The molecule has 1 aliphatic heterocycles. The van der Waals surface area contributed by atoms with E-state index in [0.29, 0.717) is 33.8 Å². The van der Waals surface area contributed by atoms with Crippen LogP contribution in [0.1, 0.15) is 23.6 Å². The molecule has 0 bridgehead atoms. The molecule has 1 heterocycles. The van der Waals surface area contributed by atoms with Gasteiger partial charge in [0.05, 0.1) is 16.8 Å². The van der Waals surface area contributed by atoms with Crippen LogP contribution >= 0.6 is 15.9 Å². The van der Waals surface area contributed by atoms with Gasteiger partial charge in [-0.3, -0.25) is 14.9 Å². The van der Waals surface area contributed by atoms with Gasteiger partial charge in [-0.05, 0) is 72.1 Å². The van der Waals surface area contributed by atoms with E-state index in [9.17, 15) is 14.4 Å². The van der Waals surface area contributed by atoms with Crippen molar-refractivity contribution in [2.24, 2.45) is 0 Å². The first-order chi connectivity index (χ1) is 15.3. The van der Waals surface area contributed by atoms with E-state index in [-0.39, 0.29) is 12.2 Å². The van der Waals surface area contributed by atoms with Crippen LogP contribution in [0.3, 0.4) is 0 Å². The third kappa shape index (κ3) is 4.75. The first kappa shape index (κ1) is 23.3. The predicted molar refractivity (Wildman–Crippen MR) is 126 cm³/mol. The van der Waals surface area contributed by atoms with Gasteiger partial charge in [0.25, 0.3) is 11.8 Å². The molecule has 1 aliphatic rings. The number of rotatable bonds is 7. The standard InChI is InChI=1S/C24H23BrN2O5/c1-5-9-32-21-18(25)12-16(13-20(21)31-6-2)11-17-22(28)26-24(30)27(23(17)29)19-8-7-14(3)10-15(19)4/h5,7-8,10-13H,1,6,9H2,2-4H3,(H,26,28,30)/b17-11+. The quantitative estimate of drug-likeness (QED) is 0.339. The summed E-state index contributed by atoms with van der Waals surface area (Å²) in [4.78, 5) is 39.2. The van der Waals surface area contributed by atoms with E-state index < -0.39 is 17.8 Å². The number of halogens is 1. The molecule has 2 aromatic carbocycles. The van der Waals surface area contributed by atoms with Crippen molar-refractivity contribution in [2.45, 2.75) is 20.8 Å². The maximum absolute atomic E-state index is 13.2. The van der Waals surface area contributed by atoms with Crippen LogP contribution < -0.4 is 19.7 Å². The van der Waals surface area contributed by atoms with Crippen molar-refractivity contribution in [1.29, 1.82) is 0 Å². The zero-order valence-corrected chi connectivity index (χ0v) is 19.6. The van der Waals surface area contributed by atoms with E-state index in [1.807, 2.05) is 19.9 Å². The van der Waals surface area contributed by atoms with Crippen LogP contribution in [0.5, 0.6) is 11.5 Å². The van der Waals surface area contributed by atoms with Crippen LogP contribution in [0.15, 0.2) is 53.0 Å². The lowest BCUT2D eigenvalue weighted by Gasteiger charge is -2.27. The number of nitrogens with one attached hydrogen (secondary N) is 1.